The van der Waals surface area contributed by atoms with E-state index in [2.05, 4.69) is 5.32 Å². The molecule has 0 radical (unpaired) electrons. The van der Waals surface area contributed by atoms with Gasteiger partial charge in [0.05, 0.1) is 5.02 Å². The second-order valence-corrected chi connectivity index (χ2v) is 5.74. The largest absolute Gasteiger partial charge is 0.479 e. The summed E-state index contributed by atoms with van der Waals surface area (Å²) in [6.45, 7) is 3.77. The number of halogens is 2. The molecule has 0 aliphatic heterocycles. The molecule has 0 saturated heterocycles. The van der Waals surface area contributed by atoms with Crippen LogP contribution in [0.25, 0.3) is 0 Å². The maximum Gasteiger partial charge on any atom is 0.265 e. The van der Waals surface area contributed by atoms with E-state index in [1.54, 1.807) is 30.3 Å². The molecule has 2 aromatic carbocycles. The Labute approximate surface area is 140 Å². The highest BCUT2D eigenvalue weighted by Gasteiger charge is 2.20. The molecule has 2 rings (SSSR count). The van der Waals surface area contributed by atoms with Gasteiger partial charge < -0.3 is 10.1 Å². The molecule has 0 fully saturated rings. The van der Waals surface area contributed by atoms with Crippen molar-refractivity contribution in [3.63, 3.8) is 0 Å². The molecule has 5 heteroatoms. The maximum atomic E-state index is 12.4. The minimum atomic E-state index is -0.616. The third-order valence-electron chi connectivity index (χ3n) is 3.22. The van der Waals surface area contributed by atoms with E-state index in [4.69, 9.17) is 27.9 Å². The van der Waals surface area contributed by atoms with E-state index in [0.717, 1.165) is 11.3 Å². The van der Waals surface area contributed by atoms with Crippen LogP contribution in [0.5, 0.6) is 5.75 Å². The summed E-state index contributed by atoms with van der Waals surface area (Å²) in [6.07, 6.45) is -0.0843. The zero-order chi connectivity index (χ0) is 16.1. The van der Waals surface area contributed by atoms with Crippen molar-refractivity contribution in [2.75, 3.05) is 5.32 Å². The fourth-order valence-electron chi connectivity index (χ4n) is 2.00. The van der Waals surface area contributed by atoms with Crippen molar-refractivity contribution in [3.8, 4) is 5.75 Å². The summed E-state index contributed by atoms with van der Waals surface area (Å²) in [5, 5.41) is 3.98. The van der Waals surface area contributed by atoms with Gasteiger partial charge in [0.15, 0.2) is 6.10 Å². The minimum Gasteiger partial charge on any atom is -0.479 e. The molecule has 2 aromatic rings. The average molecular weight is 338 g/mol. The third kappa shape index (κ3) is 4.15. The molecular formula is C17H17Cl2NO2. The van der Waals surface area contributed by atoms with Crippen LogP contribution in [-0.4, -0.2) is 12.0 Å². The topological polar surface area (TPSA) is 38.3 Å². The molecule has 0 aliphatic carbocycles. The van der Waals surface area contributed by atoms with Gasteiger partial charge in [-0.25, -0.2) is 0 Å². The van der Waals surface area contributed by atoms with Crippen molar-refractivity contribution >= 4 is 34.8 Å². The Balaban J connectivity index is 2.10. The van der Waals surface area contributed by atoms with Crippen molar-refractivity contribution in [3.05, 3.63) is 58.1 Å². The number of hydrogen-bond acceptors (Lipinski definition) is 2. The zero-order valence-electron chi connectivity index (χ0n) is 12.4. The van der Waals surface area contributed by atoms with E-state index in [1.165, 1.54) is 0 Å². The van der Waals surface area contributed by atoms with Crippen LogP contribution in [0.1, 0.15) is 18.9 Å². The molecule has 1 atom stereocenters. The van der Waals surface area contributed by atoms with Gasteiger partial charge in [0, 0.05) is 10.7 Å². The van der Waals surface area contributed by atoms with Crippen LogP contribution in [-0.2, 0) is 4.79 Å². The molecule has 3 nitrogen and oxygen atoms in total. The highest BCUT2D eigenvalue weighted by Crippen LogP contribution is 2.25. The Morgan fingerprint density at radius 2 is 1.95 bits per heavy atom. The molecule has 116 valence electrons. The van der Waals surface area contributed by atoms with Crippen molar-refractivity contribution < 1.29 is 9.53 Å². The fourth-order valence-corrected chi connectivity index (χ4v) is 2.40. The van der Waals surface area contributed by atoms with Gasteiger partial charge in [-0.2, -0.15) is 0 Å². The second kappa shape index (κ2) is 7.52. The second-order valence-electron chi connectivity index (χ2n) is 4.89. The van der Waals surface area contributed by atoms with Crippen LogP contribution < -0.4 is 10.1 Å². The van der Waals surface area contributed by atoms with Gasteiger partial charge in [0.25, 0.3) is 5.91 Å². The van der Waals surface area contributed by atoms with Gasteiger partial charge in [-0.05, 0) is 49.2 Å². The summed E-state index contributed by atoms with van der Waals surface area (Å²) in [4.78, 5) is 12.4. The van der Waals surface area contributed by atoms with Crippen molar-refractivity contribution in [1.29, 1.82) is 0 Å². The highest BCUT2D eigenvalue weighted by atomic mass is 35.5. The van der Waals surface area contributed by atoms with Gasteiger partial charge in [0.1, 0.15) is 5.75 Å². The summed E-state index contributed by atoms with van der Waals surface area (Å²) in [7, 11) is 0. The van der Waals surface area contributed by atoms with Crippen LogP contribution in [0.4, 0.5) is 5.69 Å². The quantitative estimate of drug-likeness (QED) is 0.824. The summed E-state index contributed by atoms with van der Waals surface area (Å²) in [6, 6.07) is 12.4. The summed E-state index contributed by atoms with van der Waals surface area (Å²) < 4.78 is 5.72. The van der Waals surface area contributed by atoms with Gasteiger partial charge in [0.2, 0.25) is 0 Å². The summed E-state index contributed by atoms with van der Waals surface area (Å²) in [5.41, 5.74) is 1.61. The van der Waals surface area contributed by atoms with E-state index in [0.29, 0.717) is 22.2 Å². The first-order valence-corrected chi connectivity index (χ1v) is 7.75. The van der Waals surface area contributed by atoms with E-state index in [1.807, 2.05) is 26.0 Å². The Hall–Kier alpha value is -1.71. The molecule has 0 aromatic heterocycles. The molecule has 0 spiro atoms. The van der Waals surface area contributed by atoms with Gasteiger partial charge in [-0.1, -0.05) is 42.3 Å². The van der Waals surface area contributed by atoms with Crippen LogP contribution in [0.15, 0.2) is 42.5 Å². The summed E-state index contributed by atoms with van der Waals surface area (Å²) >= 11 is 12.0. The number of rotatable bonds is 5. The van der Waals surface area contributed by atoms with Gasteiger partial charge >= 0.3 is 0 Å². The number of para-hydroxylation sites is 1. The standard InChI is InChI=1S/C17H17Cl2NO2/c1-3-15(22-16-7-5-4-6-13(16)19)17(21)20-14-9-8-12(18)10-11(14)2/h4-10,15H,3H2,1-2H3,(H,20,21)/t15-/m0/s1. The molecule has 0 saturated carbocycles. The van der Waals surface area contributed by atoms with Gasteiger partial charge in [-0.15, -0.1) is 0 Å². The number of ether oxygens (including phenoxy) is 1. The number of carbonyl (C=O) groups is 1. The first kappa shape index (κ1) is 16.7. The number of hydrogen-bond donors (Lipinski definition) is 1. The Morgan fingerprint density at radius 1 is 1.23 bits per heavy atom. The molecule has 1 amide bonds. The first-order valence-electron chi connectivity index (χ1n) is 6.99. The first-order chi connectivity index (χ1) is 10.5. The van der Waals surface area contributed by atoms with Crippen molar-refractivity contribution in [2.24, 2.45) is 0 Å². The van der Waals surface area contributed by atoms with Crippen molar-refractivity contribution in [1.82, 2.24) is 0 Å². The normalized spacial score (nSPS) is 11.8. The zero-order valence-corrected chi connectivity index (χ0v) is 13.9. The Morgan fingerprint density at radius 3 is 2.59 bits per heavy atom. The molecule has 0 unspecified atom stereocenters. The minimum absolute atomic E-state index is 0.215. The lowest BCUT2D eigenvalue weighted by atomic mass is 10.2. The lowest BCUT2D eigenvalue weighted by Crippen LogP contribution is -2.32. The van der Waals surface area contributed by atoms with E-state index in [9.17, 15) is 4.79 Å². The SMILES string of the molecule is CC[C@H](Oc1ccccc1Cl)C(=O)Nc1ccc(Cl)cc1C. The van der Waals surface area contributed by atoms with Crippen LogP contribution in [0.2, 0.25) is 10.0 Å². The van der Waals surface area contributed by atoms with Crippen LogP contribution >= 0.6 is 23.2 Å². The lowest BCUT2D eigenvalue weighted by Gasteiger charge is -2.18. The van der Waals surface area contributed by atoms with E-state index in [-0.39, 0.29) is 5.91 Å². The third-order valence-corrected chi connectivity index (χ3v) is 3.76. The Bertz CT molecular complexity index is 673. The highest BCUT2D eigenvalue weighted by molar-refractivity contribution is 6.32. The predicted octanol–water partition coefficient (Wildman–Crippen LogP) is 5.10. The molecular weight excluding hydrogens is 321 g/mol. The smallest absolute Gasteiger partial charge is 0.265 e. The lowest BCUT2D eigenvalue weighted by molar-refractivity contribution is -0.122. The molecule has 0 heterocycles. The Kier molecular flexibility index (Phi) is 5.69. The monoisotopic (exact) mass is 337 g/mol. The van der Waals surface area contributed by atoms with Crippen LogP contribution in [0.3, 0.4) is 0 Å². The molecule has 22 heavy (non-hydrogen) atoms. The average Bonchev–Trinajstić information content (AvgIpc) is 2.49. The predicted molar refractivity (Wildman–Crippen MR) is 91.0 cm³/mol. The summed E-state index contributed by atoms with van der Waals surface area (Å²) in [5.74, 6) is 0.284. The molecule has 0 bridgehead atoms. The molecule has 0 aliphatic rings. The van der Waals surface area contributed by atoms with E-state index >= 15 is 0 Å². The maximum absolute atomic E-state index is 12.4. The number of anilines is 1. The van der Waals surface area contributed by atoms with E-state index < -0.39 is 6.10 Å². The van der Waals surface area contributed by atoms with Crippen molar-refractivity contribution in [2.45, 2.75) is 26.4 Å². The number of benzene rings is 2. The molecule has 1 N–H and O–H groups in total. The number of carbonyl (C=O) groups excluding carboxylic acids is 1. The number of aryl methyl sites for hydroxylation is 1. The van der Waals surface area contributed by atoms with Gasteiger partial charge in [-0.3, -0.25) is 4.79 Å². The number of amides is 1. The van der Waals surface area contributed by atoms with Crippen LogP contribution in [0, 0.1) is 6.92 Å². The number of nitrogens with one attached hydrogen (secondary N) is 1. The fraction of sp³-hybridized carbons (Fsp3) is 0.235.